The molecule has 1 fully saturated rings. The maximum absolute atomic E-state index is 11.7. The predicted octanol–water partition coefficient (Wildman–Crippen LogP) is 1.34. The SMILES string of the molecule is CC(C)N1CC(CNC(=O)NC(C)(C)C)CC1=O. The molecule has 5 nitrogen and oxygen atoms in total. The highest BCUT2D eigenvalue weighted by atomic mass is 16.2. The summed E-state index contributed by atoms with van der Waals surface area (Å²) in [5.41, 5.74) is -0.237. The molecule has 0 aromatic rings. The molecule has 1 saturated heterocycles. The zero-order valence-corrected chi connectivity index (χ0v) is 12.0. The van der Waals surface area contributed by atoms with Crippen LogP contribution in [0.3, 0.4) is 0 Å². The third-order valence-electron chi connectivity index (χ3n) is 2.90. The summed E-state index contributed by atoms with van der Waals surface area (Å²) in [5.74, 6) is 0.415. The van der Waals surface area contributed by atoms with Crippen molar-refractivity contribution in [1.29, 1.82) is 0 Å². The summed E-state index contributed by atoms with van der Waals surface area (Å²) in [7, 11) is 0. The van der Waals surface area contributed by atoms with Gasteiger partial charge >= 0.3 is 6.03 Å². The van der Waals surface area contributed by atoms with Gasteiger partial charge in [-0.15, -0.1) is 0 Å². The highest BCUT2D eigenvalue weighted by Crippen LogP contribution is 2.19. The monoisotopic (exact) mass is 255 g/mol. The molecule has 0 aliphatic carbocycles. The largest absolute Gasteiger partial charge is 0.340 e. The first-order valence-electron chi connectivity index (χ1n) is 6.54. The first kappa shape index (κ1) is 14.8. The molecule has 18 heavy (non-hydrogen) atoms. The molecule has 5 heteroatoms. The number of rotatable bonds is 3. The van der Waals surface area contributed by atoms with E-state index >= 15 is 0 Å². The van der Waals surface area contributed by atoms with Crippen molar-refractivity contribution in [3.8, 4) is 0 Å². The fourth-order valence-electron chi connectivity index (χ4n) is 2.07. The molecule has 1 unspecified atom stereocenters. The van der Waals surface area contributed by atoms with E-state index in [9.17, 15) is 9.59 Å². The highest BCUT2D eigenvalue weighted by molar-refractivity contribution is 5.79. The van der Waals surface area contributed by atoms with Gasteiger partial charge in [-0.25, -0.2) is 4.79 Å². The highest BCUT2D eigenvalue weighted by Gasteiger charge is 2.31. The number of carbonyl (C=O) groups excluding carboxylic acids is 2. The summed E-state index contributed by atoms with van der Waals surface area (Å²) in [5, 5.41) is 5.67. The summed E-state index contributed by atoms with van der Waals surface area (Å²) >= 11 is 0. The minimum atomic E-state index is -0.237. The first-order valence-corrected chi connectivity index (χ1v) is 6.54. The lowest BCUT2D eigenvalue weighted by molar-refractivity contribution is -0.129. The van der Waals surface area contributed by atoms with Crippen LogP contribution in [-0.2, 0) is 4.79 Å². The molecule has 1 aliphatic heterocycles. The van der Waals surface area contributed by atoms with Crippen molar-refractivity contribution in [2.24, 2.45) is 5.92 Å². The lowest BCUT2D eigenvalue weighted by Gasteiger charge is -2.22. The number of amides is 3. The van der Waals surface area contributed by atoms with Crippen molar-refractivity contribution in [2.75, 3.05) is 13.1 Å². The van der Waals surface area contributed by atoms with Gasteiger partial charge in [0.15, 0.2) is 0 Å². The molecule has 0 bridgehead atoms. The van der Waals surface area contributed by atoms with Crippen molar-refractivity contribution in [2.45, 2.75) is 52.6 Å². The zero-order chi connectivity index (χ0) is 13.9. The number of nitrogens with zero attached hydrogens (tertiary/aromatic N) is 1. The lowest BCUT2D eigenvalue weighted by atomic mass is 10.1. The second-order valence-electron chi connectivity index (χ2n) is 6.30. The second-order valence-corrected chi connectivity index (χ2v) is 6.30. The van der Waals surface area contributed by atoms with E-state index in [0.717, 1.165) is 6.54 Å². The van der Waals surface area contributed by atoms with Crippen LogP contribution >= 0.6 is 0 Å². The predicted molar refractivity (Wildman–Crippen MR) is 71.2 cm³/mol. The molecule has 0 aromatic heterocycles. The van der Waals surface area contributed by atoms with Crippen LogP contribution in [0.25, 0.3) is 0 Å². The molecule has 1 atom stereocenters. The third kappa shape index (κ3) is 4.55. The summed E-state index contributed by atoms with van der Waals surface area (Å²) in [6.07, 6.45) is 0.536. The van der Waals surface area contributed by atoms with Crippen LogP contribution in [0.1, 0.15) is 41.0 Å². The molecule has 0 radical (unpaired) electrons. The average molecular weight is 255 g/mol. The molecule has 2 N–H and O–H groups in total. The smallest absolute Gasteiger partial charge is 0.315 e. The Morgan fingerprint density at radius 3 is 2.50 bits per heavy atom. The molecule has 3 amide bonds. The quantitative estimate of drug-likeness (QED) is 0.799. The van der Waals surface area contributed by atoms with Gasteiger partial charge in [-0.2, -0.15) is 0 Å². The minimum absolute atomic E-state index is 0.169. The van der Waals surface area contributed by atoms with Gasteiger partial charge in [-0.3, -0.25) is 4.79 Å². The maximum Gasteiger partial charge on any atom is 0.315 e. The number of carbonyl (C=O) groups is 2. The van der Waals surface area contributed by atoms with E-state index < -0.39 is 0 Å². The van der Waals surface area contributed by atoms with Crippen LogP contribution in [0.4, 0.5) is 4.79 Å². The van der Waals surface area contributed by atoms with Crippen LogP contribution in [-0.4, -0.2) is 41.5 Å². The summed E-state index contributed by atoms with van der Waals surface area (Å²) in [6.45, 7) is 11.1. The fraction of sp³-hybridized carbons (Fsp3) is 0.846. The second kappa shape index (κ2) is 5.59. The maximum atomic E-state index is 11.7. The van der Waals surface area contributed by atoms with E-state index in [-0.39, 0.29) is 29.4 Å². The normalized spacial score (nSPS) is 20.4. The molecule has 1 rings (SSSR count). The molecule has 1 heterocycles. The Morgan fingerprint density at radius 2 is 2.06 bits per heavy atom. The first-order chi connectivity index (χ1) is 8.19. The molecule has 0 spiro atoms. The van der Waals surface area contributed by atoms with Crippen molar-refractivity contribution in [1.82, 2.24) is 15.5 Å². The molecular formula is C13H25N3O2. The Balaban J connectivity index is 2.34. The van der Waals surface area contributed by atoms with Gasteiger partial charge in [-0.1, -0.05) is 0 Å². The standard InChI is InChI=1S/C13H25N3O2/c1-9(2)16-8-10(6-11(16)17)7-14-12(18)15-13(3,4)5/h9-10H,6-8H2,1-5H3,(H2,14,15,18). The van der Waals surface area contributed by atoms with E-state index in [4.69, 9.17) is 0 Å². The van der Waals surface area contributed by atoms with Gasteiger partial charge in [0.05, 0.1) is 0 Å². The van der Waals surface area contributed by atoms with Gasteiger partial charge < -0.3 is 15.5 Å². The van der Waals surface area contributed by atoms with Gasteiger partial charge in [0, 0.05) is 37.0 Å². The molecule has 1 aliphatic rings. The molecule has 0 aromatic carbocycles. The van der Waals surface area contributed by atoms with Crippen LogP contribution < -0.4 is 10.6 Å². The van der Waals surface area contributed by atoms with Crippen molar-refractivity contribution < 1.29 is 9.59 Å². The van der Waals surface area contributed by atoms with Crippen molar-refractivity contribution in [3.63, 3.8) is 0 Å². The summed E-state index contributed by atoms with van der Waals surface area (Å²) < 4.78 is 0. The lowest BCUT2D eigenvalue weighted by Crippen LogP contribution is -2.47. The minimum Gasteiger partial charge on any atom is -0.340 e. The van der Waals surface area contributed by atoms with Crippen molar-refractivity contribution >= 4 is 11.9 Å². The Bertz CT molecular complexity index is 321. The van der Waals surface area contributed by atoms with E-state index in [0.29, 0.717) is 13.0 Å². The summed E-state index contributed by atoms with van der Waals surface area (Å²) in [6, 6.07) is 0.0730. The number of urea groups is 1. The zero-order valence-electron chi connectivity index (χ0n) is 12.0. The van der Waals surface area contributed by atoms with E-state index in [1.165, 1.54) is 0 Å². The van der Waals surface area contributed by atoms with Gasteiger partial charge in [0.1, 0.15) is 0 Å². The third-order valence-corrected chi connectivity index (χ3v) is 2.90. The average Bonchev–Trinajstić information content (AvgIpc) is 2.54. The van der Waals surface area contributed by atoms with E-state index in [1.807, 2.05) is 39.5 Å². The Kier molecular flexibility index (Phi) is 4.59. The van der Waals surface area contributed by atoms with Crippen LogP contribution in [0.5, 0.6) is 0 Å². The fourth-order valence-corrected chi connectivity index (χ4v) is 2.07. The van der Waals surface area contributed by atoms with Gasteiger partial charge in [-0.05, 0) is 34.6 Å². The molecular weight excluding hydrogens is 230 g/mol. The topological polar surface area (TPSA) is 61.4 Å². The number of hydrogen-bond acceptors (Lipinski definition) is 2. The number of hydrogen-bond donors (Lipinski definition) is 2. The van der Waals surface area contributed by atoms with Crippen LogP contribution in [0.15, 0.2) is 0 Å². The Morgan fingerprint density at radius 1 is 1.44 bits per heavy atom. The molecule has 0 saturated carbocycles. The Hall–Kier alpha value is -1.26. The van der Waals surface area contributed by atoms with Gasteiger partial charge in [0.25, 0.3) is 0 Å². The van der Waals surface area contributed by atoms with E-state index in [1.54, 1.807) is 0 Å². The van der Waals surface area contributed by atoms with E-state index in [2.05, 4.69) is 10.6 Å². The van der Waals surface area contributed by atoms with Gasteiger partial charge in [0.2, 0.25) is 5.91 Å². The van der Waals surface area contributed by atoms with Crippen LogP contribution in [0, 0.1) is 5.92 Å². The Labute approximate surface area is 109 Å². The number of likely N-dealkylation sites (tertiary alicyclic amines) is 1. The van der Waals surface area contributed by atoms with Crippen LogP contribution in [0.2, 0.25) is 0 Å². The summed E-state index contributed by atoms with van der Waals surface area (Å²) in [4.78, 5) is 25.2. The molecule has 104 valence electrons. The van der Waals surface area contributed by atoms with Crippen molar-refractivity contribution in [3.05, 3.63) is 0 Å². The number of nitrogens with one attached hydrogen (secondary N) is 2.